The minimum Gasteiger partial charge on any atom is -0.496 e. The van der Waals surface area contributed by atoms with Crippen molar-refractivity contribution in [1.82, 2.24) is 10.2 Å². The van der Waals surface area contributed by atoms with Crippen LogP contribution in [0.15, 0.2) is 54.6 Å². The van der Waals surface area contributed by atoms with Crippen LogP contribution in [0.3, 0.4) is 0 Å². The zero-order chi connectivity index (χ0) is 19.8. The molecule has 28 heavy (non-hydrogen) atoms. The summed E-state index contributed by atoms with van der Waals surface area (Å²) in [7, 11) is 1.63. The second-order valence-corrected chi connectivity index (χ2v) is 6.79. The Labute approximate surface area is 166 Å². The van der Waals surface area contributed by atoms with E-state index >= 15 is 0 Å². The Balaban J connectivity index is 1.39. The van der Waals surface area contributed by atoms with Gasteiger partial charge in [-0.3, -0.25) is 9.59 Å². The molecule has 0 bridgehead atoms. The van der Waals surface area contributed by atoms with Gasteiger partial charge in [0.2, 0.25) is 11.8 Å². The third kappa shape index (κ3) is 5.25. The molecule has 2 amide bonds. The van der Waals surface area contributed by atoms with Gasteiger partial charge in [0.1, 0.15) is 12.2 Å². The molecule has 2 aromatic rings. The predicted octanol–water partition coefficient (Wildman–Crippen LogP) is 2.09. The average Bonchev–Trinajstić information content (AvgIpc) is 2.75. The Bertz CT molecular complexity index is 787. The molecule has 148 valence electrons. The minimum absolute atomic E-state index is 0.0999. The first-order valence-electron chi connectivity index (χ1n) is 9.63. The number of amides is 2. The fourth-order valence-corrected chi connectivity index (χ4v) is 3.41. The second-order valence-electron chi connectivity index (χ2n) is 6.79. The Morgan fingerprint density at radius 3 is 2.36 bits per heavy atom. The number of carbonyl (C=O) groups excluding carboxylic acids is 2. The van der Waals surface area contributed by atoms with Crippen LogP contribution < -0.4 is 15.0 Å². The summed E-state index contributed by atoms with van der Waals surface area (Å²) < 4.78 is 5.31. The molecule has 0 unspecified atom stereocenters. The largest absolute Gasteiger partial charge is 0.496 e. The number of piperazine rings is 1. The maximum Gasteiger partial charge on any atom is 0.232 e. The molecule has 6 heteroatoms. The van der Waals surface area contributed by atoms with Gasteiger partial charge in [-0.05, 0) is 30.2 Å². The summed E-state index contributed by atoms with van der Waals surface area (Å²) >= 11 is 0. The van der Waals surface area contributed by atoms with E-state index in [1.807, 2.05) is 42.5 Å². The van der Waals surface area contributed by atoms with Crippen LogP contribution in [0.2, 0.25) is 0 Å². The summed E-state index contributed by atoms with van der Waals surface area (Å²) in [5.41, 5.74) is 2.21. The molecule has 2 aromatic carbocycles. The Morgan fingerprint density at radius 1 is 0.964 bits per heavy atom. The van der Waals surface area contributed by atoms with Crippen molar-refractivity contribution in [3.63, 3.8) is 0 Å². The smallest absolute Gasteiger partial charge is 0.232 e. The standard InChI is InChI=1S/C22H27N3O3/c1-28-20-10-6-5-7-18(20)11-12-23-21(26)17-22(27)25-15-13-24(14-16-25)19-8-3-2-4-9-19/h2-10H,11-17H2,1H3,(H,23,26). The molecule has 1 aliphatic rings. The first-order chi connectivity index (χ1) is 13.7. The van der Waals surface area contributed by atoms with Crippen LogP contribution >= 0.6 is 0 Å². The van der Waals surface area contributed by atoms with Crippen LogP contribution in [0.5, 0.6) is 5.75 Å². The molecule has 0 saturated carbocycles. The second kappa shape index (κ2) is 9.78. The average molecular weight is 381 g/mol. The number of methoxy groups -OCH3 is 1. The molecule has 0 aliphatic carbocycles. The lowest BCUT2D eigenvalue weighted by Crippen LogP contribution is -2.49. The topological polar surface area (TPSA) is 61.9 Å². The summed E-state index contributed by atoms with van der Waals surface area (Å²) in [4.78, 5) is 28.6. The van der Waals surface area contributed by atoms with E-state index in [-0.39, 0.29) is 18.2 Å². The van der Waals surface area contributed by atoms with Crippen LogP contribution in [0.1, 0.15) is 12.0 Å². The lowest BCUT2D eigenvalue weighted by molar-refractivity contribution is -0.136. The molecule has 1 aliphatic heterocycles. The van der Waals surface area contributed by atoms with Gasteiger partial charge in [0.15, 0.2) is 0 Å². The van der Waals surface area contributed by atoms with E-state index < -0.39 is 0 Å². The highest BCUT2D eigenvalue weighted by atomic mass is 16.5. The summed E-state index contributed by atoms with van der Waals surface area (Å²) in [5, 5.41) is 2.83. The molecule has 1 fully saturated rings. The monoisotopic (exact) mass is 381 g/mol. The molecule has 1 N–H and O–H groups in total. The van der Waals surface area contributed by atoms with Gasteiger partial charge in [-0.15, -0.1) is 0 Å². The first-order valence-corrected chi connectivity index (χ1v) is 9.63. The molecule has 6 nitrogen and oxygen atoms in total. The summed E-state index contributed by atoms with van der Waals surface area (Å²) in [5.74, 6) is 0.469. The number of hydrogen-bond donors (Lipinski definition) is 1. The number of carbonyl (C=O) groups is 2. The van der Waals surface area contributed by atoms with Crippen molar-refractivity contribution in [2.45, 2.75) is 12.8 Å². The van der Waals surface area contributed by atoms with Gasteiger partial charge < -0.3 is 19.9 Å². The number of ether oxygens (including phenoxy) is 1. The van der Waals surface area contributed by atoms with E-state index in [1.54, 1.807) is 12.0 Å². The number of rotatable bonds is 7. The molecule has 0 radical (unpaired) electrons. The van der Waals surface area contributed by atoms with Crippen LogP contribution in [-0.2, 0) is 16.0 Å². The quantitative estimate of drug-likeness (QED) is 0.746. The Hall–Kier alpha value is -3.02. The van der Waals surface area contributed by atoms with Crippen LogP contribution in [-0.4, -0.2) is 56.5 Å². The SMILES string of the molecule is COc1ccccc1CCNC(=O)CC(=O)N1CCN(c2ccccc2)CC1. The summed E-state index contributed by atoms with van der Waals surface area (Å²) in [6.07, 6.45) is 0.566. The van der Waals surface area contributed by atoms with Gasteiger partial charge in [-0.2, -0.15) is 0 Å². The van der Waals surface area contributed by atoms with Crippen LogP contribution in [0.4, 0.5) is 5.69 Å². The van der Waals surface area contributed by atoms with Crippen molar-refractivity contribution in [1.29, 1.82) is 0 Å². The molecule has 1 saturated heterocycles. The number of anilines is 1. The summed E-state index contributed by atoms with van der Waals surface area (Å²) in [6, 6.07) is 17.9. The summed E-state index contributed by atoms with van der Waals surface area (Å²) in [6.45, 7) is 3.33. The van der Waals surface area contributed by atoms with Crippen molar-refractivity contribution in [2.75, 3.05) is 44.7 Å². The first kappa shape index (κ1) is 19.7. The molecular weight excluding hydrogens is 354 g/mol. The van der Waals surface area contributed by atoms with Crippen LogP contribution in [0, 0.1) is 0 Å². The van der Waals surface area contributed by atoms with Gasteiger partial charge in [-0.25, -0.2) is 0 Å². The van der Waals surface area contributed by atoms with E-state index in [0.29, 0.717) is 26.1 Å². The van der Waals surface area contributed by atoms with Gasteiger partial charge in [0.05, 0.1) is 7.11 Å². The third-order valence-corrected chi connectivity index (χ3v) is 4.97. The maximum absolute atomic E-state index is 12.4. The highest BCUT2D eigenvalue weighted by Crippen LogP contribution is 2.17. The zero-order valence-corrected chi connectivity index (χ0v) is 16.3. The van der Waals surface area contributed by atoms with Crippen molar-refractivity contribution in [2.24, 2.45) is 0 Å². The van der Waals surface area contributed by atoms with Gasteiger partial charge in [0, 0.05) is 38.4 Å². The maximum atomic E-state index is 12.4. The number of benzene rings is 2. The molecule has 0 atom stereocenters. The van der Waals surface area contributed by atoms with Crippen molar-refractivity contribution in [3.05, 3.63) is 60.2 Å². The lowest BCUT2D eigenvalue weighted by atomic mass is 10.1. The van der Waals surface area contributed by atoms with Gasteiger partial charge >= 0.3 is 0 Å². The van der Waals surface area contributed by atoms with E-state index in [4.69, 9.17) is 4.74 Å². The van der Waals surface area contributed by atoms with Crippen LogP contribution in [0.25, 0.3) is 0 Å². The minimum atomic E-state index is -0.231. The van der Waals surface area contributed by atoms with E-state index in [2.05, 4.69) is 22.3 Å². The molecule has 0 aromatic heterocycles. The van der Waals surface area contributed by atoms with Crippen molar-refractivity contribution in [3.8, 4) is 5.75 Å². The van der Waals surface area contributed by atoms with Gasteiger partial charge in [-0.1, -0.05) is 36.4 Å². The fraction of sp³-hybridized carbons (Fsp3) is 0.364. The number of hydrogen-bond acceptors (Lipinski definition) is 4. The molecule has 3 rings (SSSR count). The normalized spacial score (nSPS) is 13.9. The zero-order valence-electron chi connectivity index (χ0n) is 16.3. The molecule has 1 heterocycles. The van der Waals surface area contributed by atoms with E-state index in [9.17, 15) is 9.59 Å². The molecular formula is C22H27N3O3. The Morgan fingerprint density at radius 2 is 1.64 bits per heavy atom. The van der Waals surface area contributed by atoms with E-state index in [1.165, 1.54) is 5.69 Å². The predicted molar refractivity (Wildman–Crippen MR) is 110 cm³/mol. The third-order valence-electron chi connectivity index (χ3n) is 4.97. The van der Waals surface area contributed by atoms with Gasteiger partial charge in [0.25, 0.3) is 0 Å². The number of nitrogens with one attached hydrogen (secondary N) is 1. The fourth-order valence-electron chi connectivity index (χ4n) is 3.41. The number of nitrogens with zero attached hydrogens (tertiary/aromatic N) is 2. The van der Waals surface area contributed by atoms with Crippen molar-refractivity contribution < 1.29 is 14.3 Å². The molecule has 0 spiro atoms. The van der Waals surface area contributed by atoms with E-state index in [0.717, 1.165) is 24.4 Å². The lowest BCUT2D eigenvalue weighted by Gasteiger charge is -2.36. The highest BCUT2D eigenvalue weighted by molar-refractivity contribution is 5.97. The highest BCUT2D eigenvalue weighted by Gasteiger charge is 2.22. The Kier molecular flexibility index (Phi) is 6.89. The van der Waals surface area contributed by atoms with Crippen molar-refractivity contribution >= 4 is 17.5 Å². The number of para-hydroxylation sites is 2.